The van der Waals surface area contributed by atoms with Crippen LogP contribution in [0.25, 0.3) is 0 Å². The first-order chi connectivity index (χ1) is 8.72. The lowest BCUT2D eigenvalue weighted by Crippen LogP contribution is -2.12. The number of fused-ring (bicyclic) bond motifs is 1. The highest BCUT2D eigenvalue weighted by molar-refractivity contribution is 9.10. The molecular formula is C15H16BrNO. The van der Waals surface area contributed by atoms with E-state index in [0.717, 1.165) is 16.9 Å². The maximum atomic E-state index is 6.17. The number of furan rings is 1. The Morgan fingerprint density at radius 2 is 2.00 bits per heavy atom. The van der Waals surface area contributed by atoms with Crippen LogP contribution in [0.4, 0.5) is 0 Å². The van der Waals surface area contributed by atoms with E-state index in [9.17, 15) is 0 Å². The fraction of sp³-hybridized carbons (Fsp3) is 0.333. The summed E-state index contributed by atoms with van der Waals surface area (Å²) in [5.41, 5.74) is 10.5. The number of halogens is 1. The number of nitrogens with two attached hydrogens (primary N) is 1. The predicted molar refractivity (Wildman–Crippen MR) is 75.5 cm³/mol. The summed E-state index contributed by atoms with van der Waals surface area (Å²) in [6.45, 7) is 0. The standard InChI is InChI=1S/C15H16BrNO/c16-15-7-6-14(18-15)13(17)9-10-4-5-11-2-1-3-12(11)8-10/h4-8,13H,1-3,9,17H2. The molecule has 2 N–H and O–H groups in total. The van der Waals surface area contributed by atoms with Gasteiger partial charge in [-0.2, -0.15) is 0 Å². The molecular weight excluding hydrogens is 290 g/mol. The topological polar surface area (TPSA) is 39.2 Å². The van der Waals surface area contributed by atoms with Crippen molar-refractivity contribution >= 4 is 15.9 Å². The molecule has 0 spiro atoms. The molecule has 1 atom stereocenters. The van der Waals surface area contributed by atoms with Crippen molar-refractivity contribution in [3.63, 3.8) is 0 Å². The van der Waals surface area contributed by atoms with Crippen LogP contribution in [-0.2, 0) is 19.3 Å². The lowest BCUT2D eigenvalue weighted by atomic mass is 10.0. The molecule has 3 rings (SSSR count). The van der Waals surface area contributed by atoms with Crippen LogP contribution in [0.5, 0.6) is 0 Å². The molecule has 0 radical (unpaired) electrons. The van der Waals surface area contributed by atoms with Gasteiger partial charge < -0.3 is 10.2 Å². The number of hydrogen-bond donors (Lipinski definition) is 1. The van der Waals surface area contributed by atoms with Gasteiger partial charge in [0, 0.05) is 0 Å². The maximum absolute atomic E-state index is 6.17. The number of benzene rings is 1. The monoisotopic (exact) mass is 305 g/mol. The zero-order valence-corrected chi connectivity index (χ0v) is 11.7. The highest BCUT2D eigenvalue weighted by atomic mass is 79.9. The third kappa shape index (κ3) is 2.38. The van der Waals surface area contributed by atoms with Crippen LogP contribution in [-0.4, -0.2) is 0 Å². The SMILES string of the molecule is NC(Cc1ccc2c(c1)CCC2)c1ccc(Br)o1. The van der Waals surface area contributed by atoms with E-state index in [0.29, 0.717) is 0 Å². The molecule has 0 saturated heterocycles. The van der Waals surface area contributed by atoms with E-state index < -0.39 is 0 Å². The van der Waals surface area contributed by atoms with Crippen LogP contribution in [0.2, 0.25) is 0 Å². The van der Waals surface area contributed by atoms with E-state index in [2.05, 4.69) is 34.1 Å². The quantitative estimate of drug-likeness (QED) is 0.937. The van der Waals surface area contributed by atoms with Crippen LogP contribution in [0.1, 0.15) is 34.9 Å². The summed E-state index contributed by atoms with van der Waals surface area (Å²) in [6, 6.07) is 10.5. The average Bonchev–Trinajstić information content (AvgIpc) is 2.96. The Labute approximate surface area is 115 Å². The molecule has 1 aromatic heterocycles. The molecule has 0 aliphatic heterocycles. The van der Waals surface area contributed by atoms with Crippen molar-refractivity contribution in [1.29, 1.82) is 0 Å². The van der Waals surface area contributed by atoms with E-state index in [1.165, 1.54) is 36.0 Å². The molecule has 3 heteroatoms. The van der Waals surface area contributed by atoms with Gasteiger partial charge in [-0.1, -0.05) is 18.2 Å². The molecule has 1 unspecified atom stereocenters. The summed E-state index contributed by atoms with van der Waals surface area (Å²) in [6.07, 6.45) is 4.56. The number of rotatable bonds is 3. The second-order valence-electron chi connectivity index (χ2n) is 4.91. The molecule has 2 aromatic rings. The molecule has 1 aromatic carbocycles. The summed E-state index contributed by atoms with van der Waals surface area (Å²) >= 11 is 3.30. The highest BCUT2D eigenvalue weighted by Crippen LogP contribution is 2.26. The molecule has 18 heavy (non-hydrogen) atoms. The number of aryl methyl sites for hydroxylation is 2. The summed E-state index contributed by atoms with van der Waals surface area (Å²) in [7, 11) is 0. The van der Waals surface area contributed by atoms with Gasteiger partial charge in [-0.25, -0.2) is 0 Å². The van der Waals surface area contributed by atoms with Gasteiger partial charge in [-0.05, 0) is 70.4 Å². The third-order valence-corrected chi connectivity index (χ3v) is 4.00. The lowest BCUT2D eigenvalue weighted by Gasteiger charge is -2.10. The molecule has 0 bridgehead atoms. The minimum atomic E-state index is -0.0734. The Balaban J connectivity index is 1.76. The van der Waals surface area contributed by atoms with Crippen molar-refractivity contribution < 1.29 is 4.42 Å². The first-order valence-corrected chi connectivity index (χ1v) is 7.13. The Bertz CT molecular complexity index is 561. The zero-order chi connectivity index (χ0) is 12.5. The van der Waals surface area contributed by atoms with E-state index >= 15 is 0 Å². The van der Waals surface area contributed by atoms with Gasteiger partial charge in [-0.15, -0.1) is 0 Å². The Hall–Kier alpha value is -1.06. The van der Waals surface area contributed by atoms with Crippen LogP contribution >= 0.6 is 15.9 Å². The van der Waals surface area contributed by atoms with E-state index in [4.69, 9.17) is 10.2 Å². The third-order valence-electron chi connectivity index (χ3n) is 3.58. The van der Waals surface area contributed by atoms with Gasteiger partial charge in [0.25, 0.3) is 0 Å². The van der Waals surface area contributed by atoms with Crippen molar-refractivity contribution in [1.82, 2.24) is 0 Å². The summed E-state index contributed by atoms with van der Waals surface area (Å²) in [5.74, 6) is 0.836. The Morgan fingerprint density at radius 3 is 2.78 bits per heavy atom. The maximum Gasteiger partial charge on any atom is 0.169 e. The van der Waals surface area contributed by atoms with E-state index in [-0.39, 0.29) is 6.04 Å². The van der Waals surface area contributed by atoms with Crippen LogP contribution in [0.3, 0.4) is 0 Å². The second kappa shape index (κ2) is 4.90. The first kappa shape index (κ1) is 12.0. The summed E-state index contributed by atoms with van der Waals surface area (Å²) in [5, 5.41) is 0. The highest BCUT2D eigenvalue weighted by Gasteiger charge is 2.14. The molecule has 0 saturated carbocycles. The van der Waals surface area contributed by atoms with E-state index in [1.807, 2.05) is 12.1 Å². The second-order valence-corrected chi connectivity index (χ2v) is 5.69. The summed E-state index contributed by atoms with van der Waals surface area (Å²) in [4.78, 5) is 0. The molecule has 1 heterocycles. The fourth-order valence-electron chi connectivity index (χ4n) is 2.63. The van der Waals surface area contributed by atoms with Gasteiger partial charge >= 0.3 is 0 Å². The minimum Gasteiger partial charge on any atom is -0.453 e. The largest absolute Gasteiger partial charge is 0.453 e. The minimum absolute atomic E-state index is 0.0734. The van der Waals surface area contributed by atoms with Crippen molar-refractivity contribution in [2.45, 2.75) is 31.7 Å². The van der Waals surface area contributed by atoms with Crippen molar-refractivity contribution in [3.05, 3.63) is 57.5 Å². The van der Waals surface area contributed by atoms with Gasteiger partial charge in [0.1, 0.15) is 5.76 Å². The Morgan fingerprint density at radius 1 is 1.17 bits per heavy atom. The van der Waals surface area contributed by atoms with Crippen LogP contribution in [0, 0.1) is 0 Å². The molecule has 2 nitrogen and oxygen atoms in total. The first-order valence-electron chi connectivity index (χ1n) is 6.34. The van der Waals surface area contributed by atoms with Gasteiger partial charge in [0.2, 0.25) is 0 Å². The molecule has 0 amide bonds. The number of hydrogen-bond acceptors (Lipinski definition) is 2. The smallest absolute Gasteiger partial charge is 0.169 e. The zero-order valence-electron chi connectivity index (χ0n) is 10.2. The Kier molecular flexibility index (Phi) is 3.27. The van der Waals surface area contributed by atoms with Crippen molar-refractivity contribution in [2.75, 3.05) is 0 Å². The molecule has 1 aliphatic rings. The molecule has 1 aliphatic carbocycles. The lowest BCUT2D eigenvalue weighted by molar-refractivity contribution is 0.448. The average molecular weight is 306 g/mol. The van der Waals surface area contributed by atoms with E-state index in [1.54, 1.807) is 0 Å². The molecule has 0 fully saturated rings. The van der Waals surface area contributed by atoms with Gasteiger partial charge in [0.05, 0.1) is 6.04 Å². The molecule has 94 valence electrons. The predicted octanol–water partition coefficient (Wildman–Crippen LogP) is 3.77. The van der Waals surface area contributed by atoms with Crippen molar-refractivity contribution in [2.24, 2.45) is 5.73 Å². The van der Waals surface area contributed by atoms with Crippen LogP contribution in [0.15, 0.2) is 39.4 Å². The normalized spacial score (nSPS) is 15.7. The van der Waals surface area contributed by atoms with Crippen LogP contribution < -0.4 is 5.73 Å². The van der Waals surface area contributed by atoms with Gasteiger partial charge in [0.15, 0.2) is 4.67 Å². The van der Waals surface area contributed by atoms with Gasteiger partial charge in [-0.3, -0.25) is 0 Å². The van der Waals surface area contributed by atoms with Crippen molar-refractivity contribution in [3.8, 4) is 0 Å². The summed E-state index contributed by atoms with van der Waals surface area (Å²) < 4.78 is 6.24. The fourth-order valence-corrected chi connectivity index (χ4v) is 2.95.